The van der Waals surface area contributed by atoms with Crippen molar-refractivity contribution in [1.82, 2.24) is 9.80 Å². The Morgan fingerprint density at radius 2 is 2.00 bits per heavy atom. The van der Waals surface area contributed by atoms with Gasteiger partial charge in [0, 0.05) is 12.1 Å². The Morgan fingerprint density at radius 1 is 1.22 bits per heavy atom. The van der Waals surface area contributed by atoms with E-state index in [1.54, 1.807) is 0 Å². The molecule has 3 unspecified atom stereocenters. The molecule has 0 aromatic carbocycles. The van der Waals surface area contributed by atoms with Crippen molar-refractivity contribution in [2.45, 2.75) is 44.6 Å². The van der Waals surface area contributed by atoms with Crippen molar-refractivity contribution in [3.05, 3.63) is 0 Å². The maximum atomic E-state index is 6.21. The quantitative estimate of drug-likeness (QED) is 0.750. The predicted octanol–water partition coefficient (Wildman–Crippen LogP) is 1.78. The Hall–Kier alpha value is -0.120. The standard InChI is InChI=1S/C15H31N3/c1-4-18(9-5-8-17(2)3)15(12-16)11-13-6-7-14(15)10-13/h13-14H,4-12,16H2,1-3H3. The van der Waals surface area contributed by atoms with Gasteiger partial charge in [-0.05, 0) is 71.2 Å². The zero-order valence-corrected chi connectivity index (χ0v) is 12.5. The molecule has 18 heavy (non-hydrogen) atoms. The Labute approximate surface area is 113 Å². The summed E-state index contributed by atoms with van der Waals surface area (Å²) in [6, 6.07) is 0. The number of rotatable bonds is 7. The van der Waals surface area contributed by atoms with Crippen LogP contribution in [0, 0.1) is 11.8 Å². The van der Waals surface area contributed by atoms with Crippen molar-refractivity contribution >= 4 is 0 Å². The Balaban J connectivity index is 1.96. The van der Waals surface area contributed by atoms with Gasteiger partial charge in [-0.15, -0.1) is 0 Å². The lowest BCUT2D eigenvalue weighted by atomic mass is 9.79. The molecule has 2 N–H and O–H groups in total. The van der Waals surface area contributed by atoms with Crippen LogP contribution in [0.25, 0.3) is 0 Å². The van der Waals surface area contributed by atoms with Gasteiger partial charge in [-0.3, -0.25) is 4.90 Å². The van der Waals surface area contributed by atoms with Crippen LogP contribution in [-0.4, -0.2) is 55.6 Å². The van der Waals surface area contributed by atoms with Crippen LogP contribution >= 0.6 is 0 Å². The summed E-state index contributed by atoms with van der Waals surface area (Å²) < 4.78 is 0. The number of likely N-dealkylation sites (N-methyl/N-ethyl adjacent to an activating group) is 1. The molecule has 2 aliphatic carbocycles. The molecular formula is C15H31N3. The smallest absolute Gasteiger partial charge is 0.0362 e. The number of hydrogen-bond donors (Lipinski definition) is 1. The minimum absolute atomic E-state index is 0.351. The molecule has 3 atom stereocenters. The van der Waals surface area contributed by atoms with E-state index < -0.39 is 0 Å². The fourth-order valence-corrected chi connectivity index (χ4v) is 4.45. The maximum absolute atomic E-state index is 6.21. The number of fused-ring (bicyclic) bond motifs is 2. The third-order valence-electron chi connectivity index (χ3n) is 5.34. The van der Waals surface area contributed by atoms with E-state index in [0.717, 1.165) is 24.9 Å². The molecular weight excluding hydrogens is 222 g/mol. The molecule has 0 aliphatic heterocycles. The average Bonchev–Trinajstić information content (AvgIpc) is 2.94. The molecule has 2 fully saturated rings. The summed E-state index contributed by atoms with van der Waals surface area (Å²) in [5.74, 6) is 1.85. The van der Waals surface area contributed by atoms with Crippen LogP contribution in [0.5, 0.6) is 0 Å². The molecule has 2 aliphatic rings. The van der Waals surface area contributed by atoms with Gasteiger partial charge in [0.25, 0.3) is 0 Å². The first kappa shape index (κ1) is 14.3. The van der Waals surface area contributed by atoms with Gasteiger partial charge in [0.15, 0.2) is 0 Å². The van der Waals surface area contributed by atoms with E-state index in [2.05, 4.69) is 30.8 Å². The molecule has 0 heterocycles. The fraction of sp³-hybridized carbons (Fsp3) is 1.00. The van der Waals surface area contributed by atoms with Crippen molar-refractivity contribution in [2.24, 2.45) is 17.6 Å². The lowest BCUT2D eigenvalue weighted by Crippen LogP contribution is -2.57. The molecule has 0 aromatic heterocycles. The summed E-state index contributed by atoms with van der Waals surface area (Å²) in [6.45, 7) is 6.73. The highest BCUT2D eigenvalue weighted by molar-refractivity contribution is 5.08. The molecule has 0 radical (unpaired) electrons. The zero-order valence-electron chi connectivity index (χ0n) is 12.5. The summed E-state index contributed by atoms with van der Waals surface area (Å²) in [5, 5.41) is 0. The second-order valence-electron chi connectivity index (χ2n) is 6.62. The van der Waals surface area contributed by atoms with Crippen LogP contribution in [0.2, 0.25) is 0 Å². The molecule has 0 spiro atoms. The van der Waals surface area contributed by atoms with Gasteiger partial charge in [0.1, 0.15) is 0 Å². The third-order valence-corrected chi connectivity index (χ3v) is 5.34. The monoisotopic (exact) mass is 253 g/mol. The highest BCUT2D eigenvalue weighted by Gasteiger charge is 2.52. The number of nitrogens with two attached hydrogens (primary N) is 1. The van der Waals surface area contributed by atoms with E-state index in [1.165, 1.54) is 45.2 Å². The van der Waals surface area contributed by atoms with E-state index in [1.807, 2.05) is 0 Å². The Morgan fingerprint density at radius 3 is 2.44 bits per heavy atom. The molecule has 0 saturated heterocycles. The normalized spacial score (nSPS) is 35.0. The SMILES string of the molecule is CCN(CCCN(C)C)C1(CN)CC2CCC1C2. The summed E-state index contributed by atoms with van der Waals surface area (Å²) in [5.41, 5.74) is 6.56. The van der Waals surface area contributed by atoms with Gasteiger partial charge in [-0.2, -0.15) is 0 Å². The van der Waals surface area contributed by atoms with Crippen LogP contribution < -0.4 is 5.73 Å². The minimum atomic E-state index is 0.351. The van der Waals surface area contributed by atoms with Crippen LogP contribution in [0.4, 0.5) is 0 Å². The van der Waals surface area contributed by atoms with Crippen LogP contribution in [-0.2, 0) is 0 Å². The van der Waals surface area contributed by atoms with Gasteiger partial charge in [-0.1, -0.05) is 13.3 Å². The van der Waals surface area contributed by atoms with Crippen LogP contribution in [0.15, 0.2) is 0 Å². The van der Waals surface area contributed by atoms with E-state index >= 15 is 0 Å². The molecule has 2 saturated carbocycles. The van der Waals surface area contributed by atoms with Crippen molar-refractivity contribution in [3.63, 3.8) is 0 Å². The molecule has 2 rings (SSSR count). The second kappa shape index (κ2) is 5.89. The first-order valence-corrected chi connectivity index (χ1v) is 7.72. The molecule has 0 amide bonds. The lowest BCUT2D eigenvalue weighted by Gasteiger charge is -2.46. The summed E-state index contributed by atoms with van der Waals surface area (Å²) in [6.07, 6.45) is 6.96. The van der Waals surface area contributed by atoms with Crippen LogP contribution in [0.3, 0.4) is 0 Å². The van der Waals surface area contributed by atoms with Gasteiger partial charge in [0.05, 0.1) is 0 Å². The number of nitrogens with zero attached hydrogens (tertiary/aromatic N) is 2. The summed E-state index contributed by atoms with van der Waals surface area (Å²) in [4.78, 5) is 4.99. The van der Waals surface area contributed by atoms with Crippen molar-refractivity contribution in [2.75, 3.05) is 40.3 Å². The van der Waals surface area contributed by atoms with E-state index in [0.29, 0.717) is 5.54 Å². The van der Waals surface area contributed by atoms with Crippen molar-refractivity contribution in [3.8, 4) is 0 Å². The van der Waals surface area contributed by atoms with Gasteiger partial charge >= 0.3 is 0 Å². The van der Waals surface area contributed by atoms with E-state index in [9.17, 15) is 0 Å². The Kier molecular flexibility index (Phi) is 4.68. The van der Waals surface area contributed by atoms with Gasteiger partial charge in [0.2, 0.25) is 0 Å². The second-order valence-corrected chi connectivity index (χ2v) is 6.62. The average molecular weight is 253 g/mol. The topological polar surface area (TPSA) is 32.5 Å². The Bertz CT molecular complexity index is 266. The van der Waals surface area contributed by atoms with Gasteiger partial charge in [-0.25, -0.2) is 0 Å². The first-order chi connectivity index (χ1) is 8.62. The third kappa shape index (κ3) is 2.59. The zero-order chi connectivity index (χ0) is 13.2. The molecule has 3 heteroatoms. The molecule has 0 aromatic rings. The van der Waals surface area contributed by atoms with Crippen molar-refractivity contribution < 1.29 is 0 Å². The van der Waals surface area contributed by atoms with Gasteiger partial charge < -0.3 is 10.6 Å². The maximum Gasteiger partial charge on any atom is 0.0362 e. The summed E-state index contributed by atoms with van der Waals surface area (Å²) in [7, 11) is 4.32. The first-order valence-electron chi connectivity index (χ1n) is 7.72. The highest BCUT2D eigenvalue weighted by atomic mass is 15.2. The highest BCUT2D eigenvalue weighted by Crippen LogP contribution is 2.52. The largest absolute Gasteiger partial charge is 0.329 e. The summed E-state index contributed by atoms with van der Waals surface area (Å²) >= 11 is 0. The van der Waals surface area contributed by atoms with Crippen LogP contribution in [0.1, 0.15) is 39.0 Å². The van der Waals surface area contributed by atoms with E-state index in [4.69, 9.17) is 5.73 Å². The number of hydrogen-bond acceptors (Lipinski definition) is 3. The van der Waals surface area contributed by atoms with E-state index in [-0.39, 0.29) is 0 Å². The molecule has 2 bridgehead atoms. The van der Waals surface area contributed by atoms with Crippen molar-refractivity contribution in [1.29, 1.82) is 0 Å². The predicted molar refractivity (Wildman–Crippen MR) is 77.7 cm³/mol. The fourth-order valence-electron chi connectivity index (χ4n) is 4.45. The lowest BCUT2D eigenvalue weighted by molar-refractivity contribution is 0.0435. The molecule has 106 valence electrons. The minimum Gasteiger partial charge on any atom is -0.329 e. The molecule has 3 nitrogen and oxygen atoms in total.